The summed E-state index contributed by atoms with van der Waals surface area (Å²) < 4.78 is 12.9. The van der Waals surface area contributed by atoms with Gasteiger partial charge in [0.1, 0.15) is 5.82 Å². The van der Waals surface area contributed by atoms with Crippen LogP contribution in [0.2, 0.25) is 0 Å². The van der Waals surface area contributed by atoms with Gasteiger partial charge in [0, 0.05) is 25.7 Å². The predicted molar refractivity (Wildman–Crippen MR) is 94.0 cm³/mol. The third-order valence-electron chi connectivity index (χ3n) is 4.59. The number of morpholine rings is 1. The minimum atomic E-state index is -0.150. The second-order valence-electron chi connectivity index (χ2n) is 7.32. The Kier molecular flexibility index (Phi) is 4.83. The monoisotopic (exact) mass is 336 g/mol. The van der Waals surface area contributed by atoms with Gasteiger partial charge in [-0.15, -0.1) is 0 Å². The Labute approximate surface area is 143 Å². The van der Waals surface area contributed by atoms with Crippen molar-refractivity contribution >= 4 is 11.8 Å². The zero-order valence-corrected chi connectivity index (χ0v) is 15.1. The topological polar surface area (TPSA) is 59.8 Å². The van der Waals surface area contributed by atoms with Gasteiger partial charge in [-0.05, 0) is 27.7 Å². The minimum Gasteiger partial charge on any atom is -0.378 e. The maximum Gasteiger partial charge on any atom is 0.257 e. The van der Waals surface area contributed by atoms with E-state index in [0.717, 1.165) is 31.4 Å². The first-order chi connectivity index (χ1) is 11.4. The molecule has 1 aromatic rings. The number of anilines is 2. The van der Waals surface area contributed by atoms with Crippen molar-refractivity contribution in [2.24, 2.45) is 0 Å². The molecule has 0 bridgehead atoms. The van der Waals surface area contributed by atoms with Crippen LogP contribution in [0.15, 0.2) is 10.9 Å². The van der Waals surface area contributed by atoms with E-state index in [4.69, 9.17) is 14.5 Å². The molecule has 3 rings (SSSR count). The van der Waals surface area contributed by atoms with Crippen LogP contribution in [0.3, 0.4) is 0 Å². The van der Waals surface area contributed by atoms with E-state index in [1.807, 2.05) is 13.8 Å². The summed E-state index contributed by atoms with van der Waals surface area (Å²) >= 11 is 0. The van der Waals surface area contributed by atoms with Crippen molar-refractivity contribution in [1.82, 2.24) is 9.55 Å². The summed E-state index contributed by atoms with van der Waals surface area (Å²) in [7, 11) is 0. The molecular formula is C17H28N4O3. The molecule has 0 unspecified atom stereocenters. The van der Waals surface area contributed by atoms with Crippen LogP contribution in [-0.2, 0) is 16.0 Å². The fourth-order valence-corrected chi connectivity index (χ4v) is 3.32. The molecule has 0 amide bonds. The normalized spacial score (nSPS) is 19.9. The molecular weight excluding hydrogens is 308 g/mol. The van der Waals surface area contributed by atoms with E-state index < -0.39 is 0 Å². The van der Waals surface area contributed by atoms with Gasteiger partial charge in [-0.25, -0.2) is 0 Å². The molecule has 24 heavy (non-hydrogen) atoms. The number of aromatic nitrogens is 2. The smallest absolute Gasteiger partial charge is 0.257 e. The summed E-state index contributed by atoms with van der Waals surface area (Å²) in [5.74, 6) is 1.50. The Morgan fingerprint density at radius 1 is 1.33 bits per heavy atom. The maximum atomic E-state index is 12.6. The molecule has 0 N–H and O–H groups in total. The van der Waals surface area contributed by atoms with Crippen molar-refractivity contribution in [3.63, 3.8) is 0 Å². The number of ether oxygens (including phenoxy) is 2. The van der Waals surface area contributed by atoms with E-state index in [-0.39, 0.29) is 17.2 Å². The molecule has 1 saturated heterocycles. The van der Waals surface area contributed by atoms with E-state index in [1.54, 1.807) is 10.6 Å². The number of hydrogen-bond donors (Lipinski definition) is 0. The van der Waals surface area contributed by atoms with E-state index in [9.17, 15) is 4.79 Å². The molecule has 2 aliphatic rings. The van der Waals surface area contributed by atoms with Crippen LogP contribution in [0, 0.1) is 0 Å². The van der Waals surface area contributed by atoms with Gasteiger partial charge in [0.05, 0.1) is 38.0 Å². The Hall–Kier alpha value is -1.60. The largest absolute Gasteiger partial charge is 0.378 e. The zero-order chi connectivity index (χ0) is 17.3. The lowest BCUT2D eigenvalue weighted by atomic mass is 10.1. The number of nitrogens with zero attached hydrogens (tertiary/aromatic N) is 4. The van der Waals surface area contributed by atoms with Gasteiger partial charge >= 0.3 is 0 Å². The van der Waals surface area contributed by atoms with Crippen LogP contribution in [0.25, 0.3) is 0 Å². The van der Waals surface area contributed by atoms with E-state index in [1.165, 1.54) is 0 Å². The molecule has 0 radical (unpaired) electrons. The van der Waals surface area contributed by atoms with Crippen molar-refractivity contribution in [2.45, 2.75) is 45.9 Å². The van der Waals surface area contributed by atoms with Crippen LogP contribution in [0.5, 0.6) is 0 Å². The molecule has 0 aromatic carbocycles. The SMILES string of the molecule is CC(C)OCCN1c2nc(N3CCOCC3)cc(=O)n2CC1(C)C. The molecule has 7 nitrogen and oxygen atoms in total. The molecule has 3 heterocycles. The fraction of sp³-hybridized carbons (Fsp3) is 0.765. The summed E-state index contributed by atoms with van der Waals surface area (Å²) in [6.07, 6.45) is 0.200. The first kappa shape index (κ1) is 17.2. The lowest BCUT2D eigenvalue weighted by molar-refractivity contribution is 0.0821. The number of fused-ring (bicyclic) bond motifs is 1. The molecule has 0 saturated carbocycles. The van der Waals surface area contributed by atoms with E-state index >= 15 is 0 Å². The first-order valence-electron chi connectivity index (χ1n) is 8.72. The quantitative estimate of drug-likeness (QED) is 0.803. The highest BCUT2D eigenvalue weighted by molar-refractivity contribution is 5.49. The minimum absolute atomic E-state index is 0.0156. The molecule has 1 fully saturated rings. The highest BCUT2D eigenvalue weighted by Gasteiger charge is 2.38. The summed E-state index contributed by atoms with van der Waals surface area (Å²) in [6.45, 7) is 13.3. The van der Waals surface area contributed by atoms with Gasteiger partial charge in [-0.3, -0.25) is 9.36 Å². The van der Waals surface area contributed by atoms with Crippen LogP contribution < -0.4 is 15.4 Å². The zero-order valence-electron chi connectivity index (χ0n) is 15.1. The van der Waals surface area contributed by atoms with Gasteiger partial charge in [0.2, 0.25) is 5.95 Å². The fourth-order valence-electron chi connectivity index (χ4n) is 3.32. The van der Waals surface area contributed by atoms with Crippen molar-refractivity contribution in [1.29, 1.82) is 0 Å². The predicted octanol–water partition coefficient (Wildman–Crippen LogP) is 1.10. The molecule has 134 valence electrons. The average molecular weight is 336 g/mol. The van der Waals surface area contributed by atoms with Gasteiger partial charge < -0.3 is 19.3 Å². The average Bonchev–Trinajstić information content (AvgIpc) is 2.79. The van der Waals surface area contributed by atoms with Gasteiger partial charge in [0.15, 0.2) is 0 Å². The van der Waals surface area contributed by atoms with Crippen molar-refractivity contribution < 1.29 is 9.47 Å². The highest BCUT2D eigenvalue weighted by Crippen LogP contribution is 2.31. The molecule has 7 heteroatoms. The first-order valence-corrected chi connectivity index (χ1v) is 8.72. The molecule has 0 spiro atoms. The molecule has 1 aromatic heterocycles. The summed E-state index contributed by atoms with van der Waals surface area (Å²) in [6, 6.07) is 1.65. The Bertz CT molecular complexity index is 635. The van der Waals surface area contributed by atoms with E-state index in [2.05, 4.69) is 23.6 Å². The van der Waals surface area contributed by atoms with Crippen LogP contribution in [-0.4, -0.2) is 60.6 Å². The lowest BCUT2D eigenvalue weighted by Crippen LogP contribution is -2.44. The van der Waals surface area contributed by atoms with Gasteiger partial charge in [0.25, 0.3) is 5.56 Å². The second-order valence-corrected chi connectivity index (χ2v) is 7.32. The summed E-state index contributed by atoms with van der Waals surface area (Å²) in [5, 5.41) is 0. The lowest BCUT2D eigenvalue weighted by Gasteiger charge is -2.32. The van der Waals surface area contributed by atoms with Crippen LogP contribution in [0.1, 0.15) is 27.7 Å². The third kappa shape index (κ3) is 3.42. The Morgan fingerprint density at radius 2 is 2.04 bits per heavy atom. The molecule has 0 atom stereocenters. The Balaban J connectivity index is 1.87. The Morgan fingerprint density at radius 3 is 2.71 bits per heavy atom. The van der Waals surface area contributed by atoms with Gasteiger partial charge in [-0.1, -0.05) is 0 Å². The van der Waals surface area contributed by atoms with Crippen molar-refractivity contribution in [2.75, 3.05) is 49.3 Å². The van der Waals surface area contributed by atoms with Crippen molar-refractivity contribution in [3.8, 4) is 0 Å². The number of rotatable bonds is 5. The highest BCUT2D eigenvalue weighted by atomic mass is 16.5. The standard InChI is InChI=1S/C17H28N4O3/c1-13(2)24-10-7-21-16-18-14(19-5-8-23-9-6-19)11-15(22)20(16)12-17(21,3)4/h11,13H,5-10,12H2,1-4H3. The van der Waals surface area contributed by atoms with Crippen LogP contribution in [0.4, 0.5) is 11.8 Å². The van der Waals surface area contributed by atoms with Crippen LogP contribution >= 0.6 is 0 Å². The number of hydrogen-bond acceptors (Lipinski definition) is 6. The summed E-state index contributed by atoms with van der Waals surface area (Å²) in [4.78, 5) is 21.7. The van der Waals surface area contributed by atoms with Gasteiger partial charge in [-0.2, -0.15) is 4.98 Å². The van der Waals surface area contributed by atoms with E-state index in [0.29, 0.717) is 26.4 Å². The second kappa shape index (κ2) is 6.72. The molecule has 2 aliphatic heterocycles. The maximum absolute atomic E-state index is 12.6. The van der Waals surface area contributed by atoms with Crippen molar-refractivity contribution in [3.05, 3.63) is 16.4 Å². The molecule has 0 aliphatic carbocycles. The summed E-state index contributed by atoms with van der Waals surface area (Å²) in [5.41, 5.74) is -0.134. The third-order valence-corrected chi connectivity index (χ3v) is 4.59.